The summed E-state index contributed by atoms with van der Waals surface area (Å²) in [6, 6.07) is 8.81. The Bertz CT molecular complexity index is 450. The van der Waals surface area contributed by atoms with E-state index in [1.807, 2.05) is 12.1 Å². The van der Waals surface area contributed by atoms with Crippen molar-refractivity contribution >= 4 is 17.3 Å². The molecule has 0 radical (unpaired) electrons. The normalized spacial score (nSPS) is 23.8. The van der Waals surface area contributed by atoms with Gasteiger partial charge < -0.3 is 4.90 Å². The summed E-state index contributed by atoms with van der Waals surface area (Å²) in [4.78, 5) is 2.41. The fraction of sp³-hybridized carbons (Fsp3) is 0.500. The summed E-state index contributed by atoms with van der Waals surface area (Å²) in [5.41, 5.74) is 1.70. The maximum atomic E-state index is 8.85. The number of benzene rings is 1. The van der Waals surface area contributed by atoms with E-state index in [1.165, 1.54) is 12.8 Å². The van der Waals surface area contributed by atoms with E-state index in [0.717, 1.165) is 12.1 Å². The van der Waals surface area contributed by atoms with Crippen LogP contribution in [0.25, 0.3) is 0 Å². The van der Waals surface area contributed by atoms with Crippen molar-refractivity contribution in [3.8, 4) is 6.07 Å². The summed E-state index contributed by atoms with van der Waals surface area (Å²) >= 11 is 6.28. The number of rotatable bonds is 2. The highest BCUT2D eigenvalue weighted by Gasteiger charge is 2.30. The Kier molecular flexibility index (Phi) is 3.59. The molecule has 0 N–H and O–H groups in total. The minimum atomic E-state index is 0.533. The number of nitriles is 1. The van der Waals surface area contributed by atoms with E-state index >= 15 is 0 Å². The smallest absolute Gasteiger partial charge is 0.0992 e. The number of hydrogen-bond donors (Lipinski definition) is 0. The molecule has 0 spiro atoms. The van der Waals surface area contributed by atoms with Gasteiger partial charge in [-0.3, -0.25) is 0 Å². The van der Waals surface area contributed by atoms with Crippen LogP contribution in [0.1, 0.15) is 38.7 Å². The number of nitrogens with zero attached hydrogens (tertiary/aromatic N) is 2. The second-order valence-electron chi connectivity index (χ2n) is 4.67. The molecule has 2 unspecified atom stereocenters. The highest BCUT2D eigenvalue weighted by atomic mass is 35.5. The zero-order valence-corrected chi connectivity index (χ0v) is 11.0. The lowest BCUT2D eigenvalue weighted by Gasteiger charge is -2.31. The summed E-state index contributed by atoms with van der Waals surface area (Å²) in [7, 11) is 0. The van der Waals surface area contributed by atoms with E-state index < -0.39 is 0 Å². The van der Waals surface area contributed by atoms with Crippen LogP contribution >= 0.6 is 11.6 Å². The van der Waals surface area contributed by atoms with Crippen LogP contribution in [0.4, 0.5) is 5.69 Å². The van der Waals surface area contributed by atoms with Gasteiger partial charge >= 0.3 is 0 Å². The monoisotopic (exact) mass is 248 g/mol. The van der Waals surface area contributed by atoms with Gasteiger partial charge in [0, 0.05) is 12.1 Å². The quantitative estimate of drug-likeness (QED) is 0.792. The fourth-order valence-corrected chi connectivity index (χ4v) is 2.97. The second-order valence-corrected chi connectivity index (χ2v) is 5.08. The summed E-state index contributed by atoms with van der Waals surface area (Å²) in [6.45, 7) is 4.46. The third-order valence-electron chi connectivity index (χ3n) is 3.61. The Balaban J connectivity index is 2.36. The van der Waals surface area contributed by atoms with Gasteiger partial charge in [-0.15, -0.1) is 0 Å². The van der Waals surface area contributed by atoms with Crippen LogP contribution in [0.5, 0.6) is 0 Å². The molecule has 0 saturated carbocycles. The van der Waals surface area contributed by atoms with E-state index in [1.54, 1.807) is 6.07 Å². The van der Waals surface area contributed by atoms with Gasteiger partial charge in [0.2, 0.25) is 0 Å². The molecule has 2 nitrogen and oxygen atoms in total. The van der Waals surface area contributed by atoms with Crippen molar-refractivity contribution < 1.29 is 0 Å². The largest absolute Gasteiger partial charge is 0.365 e. The van der Waals surface area contributed by atoms with Crippen molar-refractivity contribution in [1.29, 1.82) is 5.26 Å². The third kappa shape index (κ3) is 2.25. The molecule has 17 heavy (non-hydrogen) atoms. The maximum absolute atomic E-state index is 8.85. The van der Waals surface area contributed by atoms with E-state index in [0.29, 0.717) is 22.7 Å². The van der Waals surface area contributed by atoms with Gasteiger partial charge in [0.05, 0.1) is 22.3 Å². The predicted molar refractivity (Wildman–Crippen MR) is 71.4 cm³/mol. The Hall–Kier alpha value is -1.20. The molecule has 1 aromatic rings. The SMILES string of the molecule is CCC1CCC(C)N1c1ccc(C#N)cc1Cl. The molecule has 2 rings (SSSR count). The highest BCUT2D eigenvalue weighted by Crippen LogP contribution is 2.36. The van der Waals surface area contributed by atoms with E-state index in [4.69, 9.17) is 16.9 Å². The summed E-state index contributed by atoms with van der Waals surface area (Å²) in [5, 5.41) is 9.54. The first-order valence-corrected chi connectivity index (χ1v) is 6.53. The van der Waals surface area contributed by atoms with Crippen LogP contribution in [-0.2, 0) is 0 Å². The van der Waals surface area contributed by atoms with Crippen LogP contribution < -0.4 is 4.90 Å². The highest BCUT2D eigenvalue weighted by molar-refractivity contribution is 6.33. The molecule has 1 fully saturated rings. The van der Waals surface area contributed by atoms with Gasteiger partial charge in [-0.05, 0) is 44.4 Å². The summed E-state index contributed by atoms with van der Waals surface area (Å²) in [6.07, 6.45) is 3.59. The molecule has 3 heteroatoms. The number of halogens is 1. The van der Waals surface area contributed by atoms with Crippen molar-refractivity contribution in [3.05, 3.63) is 28.8 Å². The van der Waals surface area contributed by atoms with Gasteiger partial charge in [-0.25, -0.2) is 0 Å². The predicted octanol–water partition coefficient (Wildman–Crippen LogP) is 3.98. The Morgan fingerprint density at radius 1 is 1.47 bits per heavy atom. The fourth-order valence-electron chi connectivity index (χ4n) is 2.69. The molecule has 0 bridgehead atoms. The molecule has 1 aliphatic heterocycles. The van der Waals surface area contributed by atoms with Gasteiger partial charge in [-0.1, -0.05) is 18.5 Å². The summed E-state index contributed by atoms with van der Waals surface area (Å²) < 4.78 is 0. The number of hydrogen-bond acceptors (Lipinski definition) is 2. The zero-order chi connectivity index (χ0) is 12.4. The van der Waals surface area contributed by atoms with Gasteiger partial charge in [0.1, 0.15) is 0 Å². The van der Waals surface area contributed by atoms with Gasteiger partial charge in [0.25, 0.3) is 0 Å². The minimum absolute atomic E-state index is 0.533. The average Bonchev–Trinajstić information content (AvgIpc) is 2.70. The first-order valence-electron chi connectivity index (χ1n) is 6.15. The van der Waals surface area contributed by atoms with E-state index in [-0.39, 0.29) is 0 Å². The number of anilines is 1. The van der Waals surface area contributed by atoms with Crippen molar-refractivity contribution in [2.75, 3.05) is 4.90 Å². The van der Waals surface area contributed by atoms with Crippen molar-refractivity contribution in [1.82, 2.24) is 0 Å². The molecule has 0 aliphatic carbocycles. The van der Waals surface area contributed by atoms with E-state index in [9.17, 15) is 0 Å². The van der Waals surface area contributed by atoms with Crippen LogP contribution in [0.3, 0.4) is 0 Å². The minimum Gasteiger partial charge on any atom is -0.365 e. The van der Waals surface area contributed by atoms with Crippen LogP contribution in [0, 0.1) is 11.3 Å². The van der Waals surface area contributed by atoms with Gasteiger partial charge in [0.15, 0.2) is 0 Å². The van der Waals surface area contributed by atoms with Crippen LogP contribution in [0.15, 0.2) is 18.2 Å². The molecule has 0 aromatic heterocycles. The van der Waals surface area contributed by atoms with Crippen molar-refractivity contribution in [2.45, 2.75) is 45.2 Å². The molecule has 1 aliphatic rings. The molecule has 90 valence electrons. The van der Waals surface area contributed by atoms with E-state index in [2.05, 4.69) is 24.8 Å². The Labute approximate surface area is 108 Å². The molecule has 1 aromatic carbocycles. The molecule has 2 atom stereocenters. The zero-order valence-electron chi connectivity index (χ0n) is 10.3. The first kappa shape index (κ1) is 12.3. The van der Waals surface area contributed by atoms with Crippen LogP contribution in [0.2, 0.25) is 5.02 Å². The van der Waals surface area contributed by atoms with Crippen molar-refractivity contribution in [2.24, 2.45) is 0 Å². The van der Waals surface area contributed by atoms with Crippen LogP contribution in [-0.4, -0.2) is 12.1 Å². The summed E-state index contributed by atoms with van der Waals surface area (Å²) in [5.74, 6) is 0. The topological polar surface area (TPSA) is 27.0 Å². The lowest BCUT2D eigenvalue weighted by atomic mass is 10.1. The lowest BCUT2D eigenvalue weighted by molar-refractivity contribution is 0.628. The van der Waals surface area contributed by atoms with Crippen molar-refractivity contribution in [3.63, 3.8) is 0 Å². The van der Waals surface area contributed by atoms with Gasteiger partial charge in [-0.2, -0.15) is 5.26 Å². The maximum Gasteiger partial charge on any atom is 0.0992 e. The molecular formula is C14H17ClN2. The molecular weight excluding hydrogens is 232 g/mol. The Morgan fingerprint density at radius 2 is 2.24 bits per heavy atom. The standard InChI is InChI=1S/C14H17ClN2/c1-3-12-6-4-10(2)17(12)14-7-5-11(9-16)8-13(14)15/h5,7-8,10,12H,3-4,6H2,1-2H3. The second kappa shape index (κ2) is 4.98. The Morgan fingerprint density at radius 3 is 2.82 bits per heavy atom. The third-order valence-corrected chi connectivity index (χ3v) is 3.91. The molecule has 0 amide bonds. The average molecular weight is 249 g/mol. The lowest BCUT2D eigenvalue weighted by Crippen LogP contribution is -2.34. The molecule has 1 saturated heterocycles. The first-order chi connectivity index (χ1) is 8.17. The molecule has 1 heterocycles.